The highest BCUT2D eigenvalue weighted by Gasteiger charge is 2.82. The number of rotatable bonds is 27. The number of hydrogen-bond acceptors (Lipinski definition) is 2. The summed E-state index contributed by atoms with van der Waals surface area (Å²) in [6, 6.07) is 0. The molecule has 0 rings (SSSR count). The van der Waals surface area contributed by atoms with E-state index in [9.17, 15) is 98.8 Å². The first-order valence-electron chi connectivity index (χ1n) is 16.2. The minimum absolute atomic E-state index is 0.0976. The van der Waals surface area contributed by atoms with E-state index in [0.29, 0.717) is 25.7 Å². The van der Waals surface area contributed by atoms with Gasteiger partial charge in [0.2, 0.25) is 0 Å². The molecule has 52 heavy (non-hydrogen) atoms. The Labute approximate surface area is 286 Å². The van der Waals surface area contributed by atoms with Crippen molar-refractivity contribution in [1.82, 2.24) is 0 Å². The van der Waals surface area contributed by atoms with Crippen molar-refractivity contribution < 1.29 is 98.8 Å². The molecule has 0 saturated heterocycles. The van der Waals surface area contributed by atoms with Gasteiger partial charge in [-0.25, -0.2) is 0 Å². The van der Waals surface area contributed by atoms with E-state index in [1.807, 2.05) is 0 Å². The Bertz CT molecular complexity index is 1010. The molecule has 22 heteroatoms. The third-order valence-electron chi connectivity index (χ3n) is 8.55. The van der Waals surface area contributed by atoms with Crippen LogP contribution < -0.4 is 0 Å². The molecular formula is C30H40F18O4. The van der Waals surface area contributed by atoms with Gasteiger partial charge in [0.15, 0.2) is 0 Å². The highest BCUT2D eigenvalue weighted by atomic mass is 19.4. The minimum atomic E-state index is -6.95. The lowest BCUT2D eigenvalue weighted by Gasteiger charge is -2.33. The molecule has 0 saturated carbocycles. The standard InChI is InChI=1S/C30H40F18O4/c31-23(32,25(35,36)27(39,40)29(43,44)45)17-13-9-5-1-3-7-11-15-19(21(49)50)20(22(51)52)16-12-8-4-2-6-10-14-18-24(33,34)26(37,38)28(41,42)30(46,47)48/h19-20H,1-18H2,(H,49,50)(H,51,52). The van der Waals surface area contributed by atoms with Gasteiger partial charge in [-0.3, -0.25) is 9.59 Å². The Hall–Kier alpha value is -2.32. The van der Waals surface area contributed by atoms with E-state index in [1.54, 1.807) is 0 Å². The molecule has 4 nitrogen and oxygen atoms in total. The molecule has 310 valence electrons. The third-order valence-corrected chi connectivity index (χ3v) is 8.55. The molecule has 0 aliphatic rings. The van der Waals surface area contributed by atoms with Gasteiger partial charge in [-0.1, -0.05) is 77.0 Å². The van der Waals surface area contributed by atoms with Gasteiger partial charge in [0.25, 0.3) is 0 Å². The number of unbranched alkanes of at least 4 members (excludes halogenated alkanes) is 12. The lowest BCUT2D eigenvalue weighted by Crippen LogP contribution is -2.60. The van der Waals surface area contributed by atoms with Gasteiger partial charge < -0.3 is 10.2 Å². The number of carboxylic acid groups (broad SMARTS) is 2. The Morgan fingerprint density at radius 3 is 0.769 bits per heavy atom. The lowest BCUT2D eigenvalue weighted by atomic mass is 9.84. The second-order valence-electron chi connectivity index (χ2n) is 12.6. The number of halogens is 18. The molecule has 2 unspecified atom stereocenters. The monoisotopic (exact) mass is 806 g/mol. The fraction of sp³-hybridized carbons (Fsp3) is 0.933. The average Bonchev–Trinajstić information content (AvgIpc) is 2.97. The van der Waals surface area contributed by atoms with Gasteiger partial charge in [-0.05, 0) is 25.7 Å². The molecule has 0 spiro atoms. The van der Waals surface area contributed by atoms with Crippen LogP contribution in [0.15, 0.2) is 0 Å². The first-order valence-corrected chi connectivity index (χ1v) is 16.2. The number of alkyl halides is 18. The van der Waals surface area contributed by atoms with Crippen LogP contribution in [-0.2, 0) is 9.59 Å². The molecule has 2 atom stereocenters. The van der Waals surface area contributed by atoms with Gasteiger partial charge >= 0.3 is 59.8 Å². The molecule has 0 amide bonds. The van der Waals surface area contributed by atoms with Gasteiger partial charge in [0.1, 0.15) is 0 Å². The molecule has 0 aliphatic carbocycles. The first-order chi connectivity index (χ1) is 23.3. The predicted octanol–water partition coefficient (Wildman–Crippen LogP) is 12.3. The number of aliphatic carboxylic acids is 2. The molecular weight excluding hydrogens is 766 g/mol. The zero-order valence-corrected chi connectivity index (χ0v) is 27.4. The van der Waals surface area contributed by atoms with Gasteiger partial charge in [-0.2, -0.15) is 79.0 Å². The SMILES string of the molecule is O=C(O)C(CCCCCCCCCC(F)(F)C(F)(F)C(F)(F)C(F)(F)F)C(CCCCCCCCCC(F)(F)C(F)(F)C(F)(F)C(F)(F)F)C(=O)O. The molecule has 2 N–H and O–H groups in total. The van der Waals surface area contributed by atoms with Crippen molar-refractivity contribution in [3.05, 3.63) is 0 Å². The van der Waals surface area contributed by atoms with Crippen LogP contribution in [0.5, 0.6) is 0 Å². The quantitative estimate of drug-likeness (QED) is 0.0640. The van der Waals surface area contributed by atoms with E-state index in [1.165, 1.54) is 0 Å². The zero-order chi connectivity index (χ0) is 41.0. The van der Waals surface area contributed by atoms with E-state index in [0.717, 1.165) is 0 Å². The van der Waals surface area contributed by atoms with Crippen LogP contribution in [0.2, 0.25) is 0 Å². The van der Waals surface area contributed by atoms with Crippen LogP contribution in [0, 0.1) is 11.8 Å². The predicted molar refractivity (Wildman–Crippen MR) is 147 cm³/mol. The van der Waals surface area contributed by atoms with Crippen LogP contribution >= 0.6 is 0 Å². The summed E-state index contributed by atoms with van der Waals surface area (Å²) in [5.74, 6) is -44.1. The van der Waals surface area contributed by atoms with Crippen molar-refractivity contribution in [2.45, 2.75) is 163 Å². The van der Waals surface area contributed by atoms with Crippen molar-refractivity contribution in [3.8, 4) is 0 Å². The Balaban J connectivity index is 4.51. The summed E-state index contributed by atoms with van der Waals surface area (Å²) in [5.41, 5.74) is 0. The van der Waals surface area contributed by atoms with Crippen LogP contribution in [0.25, 0.3) is 0 Å². The summed E-state index contributed by atoms with van der Waals surface area (Å²) in [6.45, 7) is 0. The zero-order valence-electron chi connectivity index (χ0n) is 27.4. The summed E-state index contributed by atoms with van der Waals surface area (Å²) >= 11 is 0. The molecule has 0 radical (unpaired) electrons. The smallest absolute Gasteiger partial charge is 0.460 e. The second kappa shape index (κ2) is 19.3. The maximum Gasteiger partial charge on any atom is 0.460 e. The Morgan fingerprint density at radius 2 is 0.558 bits per heavy atom. The Kier molecular flexibility index (Phi) is 18.5. The van der Waals surface area contributed by atoms with E-state index in [4.69, 9.17) is 0 Å². The molecule has 0 bridgehead atoms. The summed E-state index contributed by atoms with van der Waals surface area (Å²) in [6.07, 6.45) is -17.5. The van der Waals surface area contributed by atoms with Crippen molar-refractivity contribution in [2.24, 2.45) is 11.8 Å². The van der Waals surface area contributed by atoms with Crippen LogP contribution in [0.1, 0.15) is 116 Å². The van der Waals surface area contributed by atoms with Crippen LogP contribution in [0.4, 0.5) is 79.0 Å². The number of hydrogen-bond donors (Lipinski definition) is 2. The largest absolute Gasteiger partial charge is 0.481 e. The number of carbonyl (C=O) groups is 2. The van der Waals surface area contributed by atoms with Crippen LogP contribution in [-0.4, -0.2) is 70.0 Å². The van der Waals surface area contributed by atoms with Crippen molar-refractivity contribution in [2.75, 3.05) is 0 Å². The van der Waals surface area contributed by atoms with Crippen molar-refractivity contribution >= 4 is 11.9 Å². The van der Waals surface area contributed by atoms with Gasteiger partial charge in [0, 0.05) is 12.8 Å². The number of carboxylic acids is 2. The molecule has 0 aromatic rings. The van der Waals surface area contributed by atoms with E-state index < -0.39 is 97.3 Å². The summed E-state index contributed by atoms with van der Waals surface area (Å²) in [4.78, 5) is 23.5. The molecule has 0 heterocycles. The first kappa shape index (κ1) is 49.7. The lowest BCUT2D eigenvalue weighted by molar-refractivity contribution is -0.396. The fourth-order valence-corrected chi connectivity index (χ4v) is 5.31. The molecule has 0 aliphatic heterocycles. The molecule has 0 fully saturated rings. The Morgan fingerprint density at radius 1 is 0.346 bits per heavy atom. The highest BCUT2D eigenvalue weighted by Crippen LogP contribution is 2.55. The van der Waals surface area contributed by atoms with Crippen molar-refractivity contribution in [3.63, 3.8) is 0 Å². The average molecular weight is 807 g/mol. The van der Waals surface area contributed by atoms with E-state index in [2.05, 4.69) is 0 Å². The summed E-state index contributed by atoms with van der Waals surface area (Å²) in [5, 5.41) is 19.1. The molecule has 0 aromatic carbocycles. The maximum absolute atomic E-state index is 13.6. The summed E-state index contributed by atoms with van der Waals surface area (Å²) in [7, 11) is 0. The van der Waals surface area contributed by atoms with E-state index >= 15 is 0 Å². The van der Waals surface area contributed by atoms with Gasteiger partial charge in [0.05, 0.1) is 11.8 Å². The van der Waals surface area contributed by atoms with Crippen molar-refractivity contribution in [1.29, 1.82) is 0 Å². The minimum Gasteiger partial charge on any atom is -0.481 e. The normalized spacial score (nSPS) is 15.5. The highest BCUT2D eigenvalue weighted by molar-refractivity contribution is 5.79. The van der Waals surface area contributed by atoms with Crippen LogP contribution in [0.3, 0.4) is 0 Å². The fourth-order valence-electron chi connectivity index (χ4n) is 5.31. The second-order valence-corrected chi connectivity index (χ2v) is 12.6. The maximum atomic E-state index is 13.6. The topological polar surface area (TPSA) is 74.6 Å². The van der Waals surface area contributed by atoms with Gasteiger partial charge in [-0.15, -0.1) is 0 Å². The third kappa shape index (κ3) is 12.9. The van der Waals surface area contributed by atoms with E-state index in [-0.39, 0.29) is 64.2 Å². The molecule has 0 aromatic heterocycles. The summed E-state index contributed by atoms with van der Waals surface area (Å²) < 4.78 is 232.